The largest absolute Gasteiger partial charge is 0.490 e. The van der Waals surface area contributed by atoms with Crippen LogP contribution in [0, 0.1) is 0 Å². The number of rotatable bonds is 11. The molecule has 1 N–H and O–H groups in total. The number of esters is 1. The minimum Gasteiger partial charge on any atom is -0.490 e. The molecule has 0 saturated carbocycles. The van der Waals surface area contributed by atoms with Crippen LogP contribution in [0.15, 0.2) is 78.9 Å². The Balaban J connectivity index is 1.73. The number of ether oxygens (including phenoxy) is 3. The first-order valence-corrected chi connectivity index (χ1v) is 11.8. The van der Waals surface area contributed by atoms with Crippen LogP contribution in [0.3, 0.4) is 0 Å². The van der Waals surface area contributed by atoms with Crippen LogP contribution in [0.5, 0.6) is 11.5 Å². The first-order chi connectivity index (χ1) is 18.3. The Hall–Kier alpha value is -3.73. The van der Waals surface area contributed by atoms with Crippen molar-refractivity contribution in [1.29, 1.82) is 0 Å². The molecule has 0 saturated heterocycles. The summed E-state index contributed by atoms with van der Waals surface area (Å²) in [6.07, 6.45) is -11.6. The van der Waals surface area contributed by atoms with Gasteiger partial charge in [-0.3, -0.25) is 4.79 Å². The van der Waals surface area contributed by atoms with Gasteiger partial charge in [-0.25, -0.2) is 0 Å². The van der Waals surface area contributed by atoms with E-state index in [0.717, 1.165) is 23.3 Å². The molecule has 0 amide bonds. The molecule has 0 spiro atoms. The molecule has 0 fully saturated rings. The van der Waals surface area contributed by atoms with E-state index in [1.807, 2.05) is 30.3 Å². The van der Waals surface area contributed by atoms with Gasteiger partial charge in [0.25, 0.3) is 5.60 Å². The van der Waals surface area contributed by atoms with Crippen molar-refractivity contribution in [2.45, 2.75) is 43.3 Å². The van der Waals surface area contributed by atoms with E-state index in [4.69, 9.17) is 9.47 Å². The van der Waals surface area contributed by atoms with Gasteiger partial charge in [-0.15, -0.1) is 0 Å². The van der Waals surface area contributed by atoms with Gasteiger partial charge in [0.05, 0.1) is 7.11 Å². The highest BCUT2D eigenvalue weighted by atomic mass is 19.4. The average molecular weight is 556 g/mol. The number of halogens is 6. The van der Waals surface area contributed by atoms with Crippen molar-refractivity contribution in [3.8, 4) is 11.5 Å². The van der Waals surface area contributed by atoms with E-state index >= 15 is 0 Å². The van der Waals surface area contributed by atoms with Crippen molar-refractivity contribution >= 4 is 5.97 Å². The summed E-state index contributed by atoms with van der Waals surface area (Å²) >= 11 is 0. The molecule has 0 bridgehead atoms. The predicted molar refractivity (Wildman–Crippen MR) is 129 cm³/mol. The first kappa shape index (κ1) is 29.8. The maximum atomic E-state index is 13.2. The highest BCUT2D eigenvalue weighted by Crippen LogP contribution is 2.50. The quantitative estimate of drug-likeness (QED) is 0.226. The molecular weight excluding hydrogens is 530 g/mol. The number of carbonyl (C=O) groups is 1. The second kappa shape index (κ2) is 12.4. The van der Waals surface area contributed by atoms with Crippen LogP contribution in [-0.4, -0.2) is 43.2 Å². The lowest BCUT2D eigenvalue weighted by Crippen LogP contribution is -2.53. The Bertz CT molecular complexity index is 1180. The Morgan fingerprint density at radius 1 is 0.795 bits per heavy atom. The van der Waals surface area contributed by atoms with E-state index in [1.54, 1.807) is 24.3 Å². The number of hydrogen-bond donors (Lipinski definition) is 1. The normalized spacial score (nSPS) is 13.0. The standard InChI is InChI=1S/C28H26F6O5/c1-37-25(35)16-9-19-7-12-22(13-8-19)38-18-24(17-20-5-3-2-4-6-20)39-23-14-10-21(11-15-23)26(36,27(29,30)31)28(32,33)34/h2-8,10-15,24,36H,9,16-18H2,1H3/t24-/m1/s1. The monoisotopic (exact) mass is 556 g/mol. The molecule has 3 aromatic carbocycles. The van der Waals surface area contributed by atoms with Gasteiger partial charge >= 0.3 is 18.3 Å². The molecular formula is C28H26F6O5. The third-order valence-corrected chi connectivity index (χ3v) is 5.91. The van der Waals surface area contributed by atoms with Gasteiger partial charge < -0.3 is 19.3 Å². The van der Waals surface area contributed by atoms with Gasteiger partial charge in [-0.2, -0.15) is 26.3 Å². The van der Waals surface area contributed by atoms with Crippen LogP contribution >= 0.6 is 0 Å². The van der Waals surface area contributed by atoms with Gasteiger partial charge in [0.1, 0.15) is 24.2 Å². The molecule has 0 radical (unpaired) electrons. The lowest BCUT2D eigenvalue weighted by Gasteiger charge is -2.32. The summed E-state index contributed by atoms with van der Waals surface area (Å²) in [5.41, 5.74) is -4.64. The first-order valence-electron chi connectivity index (χ1n) is 11.8. The molecule has 210 valence electrons. The lowest BCUT2D eigenvalue weighted by molar-refractivity contribution is -0.376. The second-order valence-electron chi connectivity index (χ2n) is 8.69. The molecule has 0 unspecified atom stereocenters. The fourth-order valence-electron chi connectivity index (χ4n) is 3.76. The van der Waals surface area contributed by atoms with Crippen LogP contribution in [0.25, 0.3) is 0 Å². The van der Waals surface area contributed by atoms with Gasteiger partial charge in [0.2, 0.25) is 0 Å². The summed E-state index contributed by atoms with van der Waals surface area (Å²) in [5, 5.41) is 9.59. The van der Waals surface area contributed by atoms with Gasteiger partial charge in [-0.05, 0) is 41.8 Å². The second-order valence-corrected chi connectivity index (χ2v) is 8.69. The minimum absolute atomic E-state index is 0.00635. The molecule has 5 nitrogen and oxygen atoms in total. The van der Waals surface area contributed by atoms with Crippen LogP contribution in [-0.2, 0) is 28.0 Å². The van der Waals surface area contributed by atoms with E-state index in [9.17, 15) is 36.2 Å². The molecule has 0 aliphatic heterocycles. The van der Waals surface area contributed by atoms with E-state index in [0.29, 0.717) is 30.7 Å². The molecule has 0 heterocycles. The summed E-state index contributed by atoms with van der Waals surface area (Å²) in [7, 11) is 1.31. The molecule has 0 aromatic heterocycles. The van der Waals surface area contributed by atoms with E-state index < -0.39 is 29.6 Å². The van der Waals surface area contributed by atoms with Crippen LogP contribution in [0.4, 0.5) is 26.3 Å². The zero-order chi connectivity index (χ0) is 28.7. The van der Waals surface area contributed by atoms with Crippen molar-refractivity contribution in [2.75, 3.05) is 13.7 Å². The Kier molecular flexibility index (Phi) is 9.49. The number of aliphatic hydroxyl groups is 1. The fraction of sp³-hybridized carbons (Fsp3) is 0.321. The predicted octanol–water partition coefficient (Wildman–Crippen LogP) is 6.17. The van der Waals surface area contributed by atoms with E-state index in [1.165, 1.54) is 7.11 Å². The number of alkyl halides is 6. The number of aryl methyl sites for hydroxylation is 1. The number of benzene rings is 3. The summed E-state index contributed by atoms with van der Waals surface area (Å²) < 4.78 is 95.4. The molecule has 39 heavy (non-hydrogen) atoms. The van der Waals surface area contributed by atoms with Gasteiger partial charge in [-0.1, -0.05) is 54.6 Å². The molecule has 3 rings (SSSR count). The molecule has 11 heteroatoms. The van der Waals surface area contributed by atoms with Crippen molar-refractivity contribution in [3.63, 3.8) is 0 Å². The number of hydrogen-bond acceptors (Lipinski definition) is 5. The van der Waals surface area contributed by atoms with Crippen molar-refractivity contribution in [2.24, 2.45) is 0 Å². The number of methoxy groups -OCH3 is 1. The molecule has 1 atom stereocenters. The molecule has 3 aromatic rings. The fourth-order valence-corrected chi connectivity index (χ4v) is 3.76. The number of carbonyl (C=O) groups excluding carboxylic acids is 1. The van der Waals surface area contributed by atoms with Crippen molar-refractivity contribution in [1.82, 2.24) is 0 Å². The summed E-state index contributed by atoms with van der Waals surface area (Å²) in [6.45, 7) is 0.00714. The zero-order valence-corrected chi connectivity index (χ0v) is 20.8. The topological polar surface area (TPSA) is 65.0 Å². The smallest absolute Gasteiger partial charge is 0.430 e. The highest BCUT2D eigenvalue weighted by Gasteiger charge is 2.71. The highest BCUT2D eigenvalue weighted by molar-refractivity contribution is 5.69. The summed E-state index contributed by atoms with van der Waals surface area (Å²) in [6, 6.07) is 19.0. The van der Waals surface area contributed by atoms with Crippen LogP contribution in [0.1, 0.15) is 23.1 Å². The molecule has 0 aliphatic rings. The average Bonchev–Trinajstić information content (AvgIpc) is 2.90. The Labute approximate surface area is 220 Å². The van der Waals surface area contributed by atoms with E-state index in [2.05, 4.69) is 4.74 Å². The van der Waals surface area contributed by atoms with Crippen LogP contribution in [0.2, 0.25) is 0 Å². The zero-order valence-electron chi connectivity index (χ0n) is 20.8. The Morgan fingerprint density at radius 2 is 1.36 bits per heavy atom. The lowest BCUT2D eigenvalue weighted by atomic mass is 9.92. The SMILES string of the molecule is COC(=O)CCc1ccc(OC[C@@H](Cc2ccccc2)Oc2ccc(C(O)(C(F)(F)F)C(F)(F)F)cc2)cc1. The van der Waals surface area contributed by atoms with Crippen molar-refractivity contribution in [3.05, 3.63) is 95.6 Å². The van der Waals surface area contributed by atoms with Gasteiger partial charge in [0.15, 0.2) is 0 Å². The maximum absolute atomic E-state index is 13.2. The third-order valence-electron chi connectivity index (χ3n) is 5.91. The van der Waals surface area contributed by atoms with Gasteiger partial charge in [0, 0.05) is 18.4 Å². The summed E-state index contributed by atoms with van der Waals surface area (Å²) in [4.78, 5) is 11.3. The summed E-state index contributed by atoms with van der Waals surface area (Å²) in [5.74, 6) is 0.160. The maximum Gasteiger partial charge on any atom is 0.430 e. The van der Waals surface area contributed by atoms with Crippen molar-refractivity contribution < 1.29 is 50.5 Å². The third kappa shape index (κ3) is 7.66. The Morgan fingerprint density at radius 3 is 1.90 bits per heavy atom. The molecule has 0 aliphatic carbocycles. The van der Waals surface area contributed by atoms with Crippen LogP contribution < -0.4 is 9.47 Å². The minimum atomic E-state index is -5.98. The van der Waals surface area contributed by atoms with E-state index in [-0.39, 0.29) is 24.7 Å².